The van der Waals surface area contributed by atoms with E-state index in [4.69, 9.17) is 9.47 Å². The van der Waals surface area contributed by atoms with Crippen molar-refractivity contribution in [2.24, 2.45) is 0 Å². The summed E-state index contributed by atoms with van der Waals surface area (Å²) < 4.78 is 9.21. The van der Waals surface area contributed by atoms with Crippen molar-refractivity contribution in [1.29, 1.82) is 0 Å². The number of likely N-dealkylation sites (tertiary alicyclic amines) is 1. The zero-order valence-corrected chi connectivity index (χ0v) is 20.5. The first-order valence-corrected chi connectivity index (χ1v) is 12.3. The van der Waals surface area contributed by atoms with E-state index < -0.39 is 10.7 Å². The number of fused-ring (bicyclic) bond motifs is 1. The highest BCUT2D eigenvalue weighted by molar-refractivity contribution is 8.02. The highest BCUT2D eigenvalue weighted by Gasteiger charge is 2.54. The van der Waals surface area contributed by atoms with Crippen LogP contribution in [-0.4, -0.2) is 61.9 Å². The molecule has 7 heteroatoms. The van der Waals surface area contributed by atoms with Gasteiger partial charge in [-0.15, -0.1) is 0 Å². The number of hydrogen-bond donors (Lipinski definition) is 0. The number of aryl methyl sites for hydroxylation is 1. The van der Waals surface area contributed by atoms with Gasteiger partial charge in [0.15, 0.2) is 0 Å². The molecular formula is C26H32N2O4S. The first-order chi connectivity index (χ1) is 16.0. The van der Waals surface area contributed by atoms with Gasteiger partial charge in [0.25, 0.3) is 5.91 Å². The number of hydrogen-bond acceptors (Lipinski definition) is 6. The third-order valence-electron chi connectivity index (χ3n) is 6.47. The predicted molar refractivity (Wildman–Crippen MR) is 131 cm³/mol. The summed E-state index contributed by atoms with van der Waals surface area (Å²) >= 11 is 1.31. The highest BCUT2D eigenvalue weighted by atomic mass is 32.2. The zero-order chi connectivity index (χ0) is 23.4. The predicted octanol–water partition coefficient (Wildman–Crippen LogP) is 4.08. The number of nitrogens with zero attached hydrogens (tertiary/aromatic N) is 2. The number of rotatable bonds is 7. The van der Waals surface area contributed by atoms with Crippen molar-refractivity contribution in [3.05, 3.63) is 53.6 Å². The van der Waals surface area contributed by atoms with Gasteiger partial charge in [0.1, 0.15) is 5.75 Å². The van der Waals surface area contributed by atoms with Gasteiger partial charge in [0, 0.05) is 24.4 Å². The minimum absolute atomic E-state index is 0.212. The van der Waals surface area contributed by atoms with E-state index in [9.17, 15) is 9.59 Å². The maximum absolute atomic E-state index is 14.1. The second kappa shape index (κ2) is 10.2. The fourth-order valence-electron chi connectivity index (χ4n) is 4.68. The van der Waals surface area contributed by atoms with Crippen molar-refractivity contribution < 1.29 is 19.1 Å². The van der Waals surface area contributed by atoms with Gasteiger partial charge >= 0.3 is 5.97 Å². The van der Waals surface area contributed by atoms with E-state index in [1.165, 1.54) is 38.1 Å². The van der Waals surface area contributed by atoms with Crippen LogP contribution < -0.4 is 9.64 Å². The van der Waals surface area contributed by atoms with Crippen LogP contribution in [0.1, 0.15) is 30.4 Å². The Balaban J connectivity index is 1.72. The molecule has 0 aliphatic carbocycles. The minimum Gasteiger partial charge on any atom is -0.497 e. The number of anilines is 1. The molecular weight excluding hydrogens is 436 g/mol. The third kappa shape index (κ3) is 4.89. The lowest BCUT2D eigenvalue weighted by molar-refractivity contribution is -0.147. The maximum atomic E-state index is 14.1. The molecule has 1 amide bonds. The lowest BCUT2D eigenvalue weighted by Gasteiger charge is -2.41. The first kappa shape index (κ1) is 23.6. The summed E-state index contributed by atoms with van der Waals surface area (Å²) in [5.41, 5.74) is 2.82. The van der Waals surface area contributed by atoms with Crippen LogP contribution in [-0.2, 0) is 20.7 Å². The largest absolute Gasteiger partial charge is 0.497 e. The molecule has 2 heterocycles. The molecule has 1 saturated heterocycles. The van der Waals surface area contributed by atoms with Gasteiger partial charge in [-0.25, -0.2) is 4.79 Å². The summed E-state index contributed by atoms with van der Waals surface area (Å²) in [5.74, 6) is -0.0371. The van der Waals surface area contributed by atoms with Crippen molar-refractivity contribution in [3.63, 3.8) is 0 Å². The van der Waals surface area contributed by atoms with Crippen LogP contribution in [0.3, 0.4) is 0 Å². The lowest BCUT2D eigenvalue weighted by atomic mass is 9.95. The number of esters is 1. The van der Waals surface area contributed by atoms with Gasteiger partial charge in [0.05, 0.1) is 19.9 Å². The Kier molecular flexibility index (Phi) is 7.29. The Hall–Kier alpha value is -2.51. The van der Waals surface area contributed by atoms with Crippen LogP contribution in [0.5, 0.6) is 5.75 Å². The van der Waals surface area contributed by atoms with Crippen molar-refractivity contribution in [2.45, 2.75) is 42.2 Å². The van der Waals surface area contributed by atoms with Gasteiger partial charge < -0.3 is 19.3 Å². The van der Waals surface area contributed by atoms with E-state index in [1.54, 1.807) is 12.0 Å². The standard InChI is InChI=1S/C26H32N2O4S/c1-19-10-11-22-23(16-19)33-26(25(30)32-3,18-20-8-7-9-21(17-20)31-2)24(29)28(22)15-14-27-12-5-4-6-13-27/h7-11,16-17H,4-6,12-15,18H2,1-3H3. The molecule has 4 rings (SSSR count). The summed E-state index contributed by atoms with van der Waals surface area (Å²) in [6.45, 7) is 5.48. The lowest BCUT2D eigenvalue weighted by Crippen LogP contribution is -2.57. The van der Waals surface area contributed by atoms with E-state index in [2.05, 4.69) is 11.0 Å². The summed E-state index contributed by atoms with van der Waals surface area (Å²) in [6.07, 6.45) is 3.89. The molecule has 0 saturated carbocycles. The van der Waals surface area contributed by atoms with Crippen molar-refractivity contribution in [3.8, 4) is 5.75 Å². The number of thioether (sulfide) groups is 1. The smallest absolute Gasteiger partial charge is 0.332 e. The average Bonchev–Trinajstić information content (AvgIpc) is 2.84. The molecule has 2 aromatic rings. The third-order valence-corrected chi connectivity index (χ3v) is 7.85. The number of amides is 1. The molecule has 0 aromatic heterocycles. The van der Waals surface area contributed by atoms with Crippen molar-refractivity contribution in [1.82, 2.24) is 4.90 Å². The van der Waals surface area contributed by atoms with Gasteiger partial charge in [-0.1, -0.05) is 36.4 Å². The summed E-state index contributed by atoms with van der Waals surface area (Å²) in [6, 6.07) is 13.6. The zero-order valence-electron chi connectivity index (χ0n) is 19.6. The Morgan fingerprint density at radius 1 is 1.06 bits per heavy atom. The van der Waals surface area contributed by atoms with Crippen LogP contribution in [0.4, 0.5) is 5.69 Å². The molecule has 1 fully saturated rings. The Morgan fingerprint density at radius 2 is 1.85 bits per heavy atom. The van der Waals surface area contributed by atoms with Gasteiger partial charge in [-0.3, -0.25) is 4.79 Å². The molecule has 0 spiro atoms. The van der Waals surface area contributed by atoms with E-state index in [0.29, 0.717) is 12.3 Å². The van der Waals surface area contributed by atoms with Crippen LogP contribution in [0.25, 0.3) is 0 Å². The van der Waals surface area contributed by atoms with E-state index >= 15 is 0 Å². The molecule has 1 atom stereocenters. The fourth-order valence-corrected chi connectivity index (χ4v) is 6.18. The minimum atomic E-state index is -1.39. The van der Waals surface area contributed by atoms with Crippen LogP contribution in [0.2, 0.25) is 0 Å². The molecule has 1 unspecified atom stereocenters. The average molecular weight is 469 g/mol. The second-order valence-electron chi connectivity index (χ2n) is 8.78. The normalized spacial score (nSPS) is 20.9. The van der Waals surface area contributed by atoms with E-state index in [0.717, 1.165) is 41.3 Å². The molecule has 2 aliphatic rings. The summed E-state index contributed by atoms with van der Waals surface area (Å²) in [7, 11) is 2.96. The molecule has 33 heavy (non-hydrogen) atoms. The number of ether oxygens (including phenoxy) is 2. The molecule has 2 aromatic carbocycles. The summed E-state index contributed by atoms with van der Waals surface area (Å²) in [4.78, 5) is 32.5. The molecule has 6 nitrogen and oxygen atoms in total. The van der Waals surface area contributed by atoms with Gasteiger partial charge in [0.2, 0.25) is 4.75 Å². The molecule has 176 valence electrons. The Morgan fingerprint density at radius 3 is 2.58 bits per heavy atom. The Bertz CT molecular complexity index is 1020. The summed E-state index contributed by atoms with van der Waals surface area (Å²) in [5, 5.41) is 0. The maximum Gasteiger partial charge on any atom is 0.332 e. The highest BCUT2D eigenvalue weighted by Crippen LogP contribution is 2.48. The monoisotopic (exact) mass is 468 g/mol. The quantitative estimate of drug-likeness (QED) is 0.451. The molecule has 2 aliphatic heterocycles. The topological polar surface area (TPSA) is 59.1 Å². The number of methoxy groups -OCH3 is 2. The number of benzene rings is 2. The fraction of sp³-hybridized carbons (Fsp3) is 0.462. The Labute approximate surface area is 200 Å². The second-order valence-corrected chi connectivity index (χ2v) is 10.1. The van der Waals surface area contributed by atoms with E-state index in [1.807, 2.05) is 43.3 Å². The molecule has 0 radical (unpaired) electrons. The van der Waals surface area contributed by atoms with E-state index in [-0.39, 0.29) is 12.3 Å². The molecule has 0 bridgehead atoms. The van der Waals surface area contributed by atoms with Crippen molar-refractivity contribution in [2.75, 3.05) is 45.3 Å². The van der Waals surface area contributed by atoms with Crippen LogP contribution in [0.15, 0.2) is 47.4 Å². The van der Waals surface area contributed by atoms with Gasteiger partial charge in [-0.05, 0) is 68.2 Å². The first-order valence-electron chi connectivity index (χ1n) is 11.5. The number of piperidine rings is 1. The van der Waals surface area contributed by atoms with Crippen LogP contribution in [0, 0.1) is 6.92 Å². The van der Waals surface area contributed by atoms with Crippen molar-refractivity contribution >= 4 is 29.3 Å². The number of carbonyl (C=O) groups excluding carboxylic acids is 2. The molecule has 0 N–H and O–H groups in total. The SMILES string of the molecule is COC(=O)C1(Cc2cccc(OC)c2)Sc2cc(C)ccc2N(CCN2CCCCC2)C1=O. The van der Waals surface area contributed by atoms with Gasteiger partial charge in [-0.2, -0.15) is 0 Å². The van der Waals surface area contributed by atoms with Crippen LogP contribution >= 0.6 is 11.8 Å². The number of carbonyl (C=O) groups is 2.